The van der Waals surface area contributed by atoms with Crippen LogP contribution in [-0.4, -0.2) is 55.4 Å². The highest BCUT2D eigenvalue weighted by Crippen LogP contribution is 2.66. The highest BCUT2D eigenvalue weighted by molar-refractivity contribution is 6.53. The summed E-state index contributed by atoms with van der Waals surface area (Å²) in [7, 11) is 1.29. The lowest BCUT2D eigenvalue weighted by atomic mass is 9.56. The summed E-state index contributed by atoms with van der Waals surface area (Å²) in [5.74, 6) is -6.27. The Morgan fingerprint density at radius 3 is 2.41 bits per heavy atom. The second-order valence-corrected chi connectivity index (χ2v) is 11.6. The summed E-state index contributed by atoms with van der Waals surface area (Å²) < 4.78 is 0. The number of hydrogen-bond donors (Lipinski definition) is 1. The van der Waals surface area contributed by atoms with Crippen LogP contribution in [0.25, 0.3) is 0 Å². The van der Waals surface area contributed by atoms with E-state index in [4.69, 9.17) is 23.2 Å². The number of rotatable bonds is 3. The van der Waals surface area contributed by atoms with Crippen molar-refractivity contribution in [1.82, 2.24) is 4.90 Å². The van der Waals surface area contributed by atoms with Crippen LogP contribution in [0.2, 0.25) is 0 Å². The van der Waals surface area contributed by atoms with Crippen LogP contribution in [0.3, 0.4) is 0 Å². The quantitative estimate of drug-likeness (QED) is 0.196. The molecule has 1 N–H and O–H groups in total. The number of alkyl halides is 2. The molecule has 200 valence electrons. The molecular weight excluding hydrogens is 549 g/mol. The van der Waals surface area contributed by atoms with E-state index in [0.717, 1.165) is 15.9 Å². The number of anilines is 1. The number of halogens is 2. The third-order valence-electron chi connectivity index (χ3n) is 8.56. The van der Waals surface area contributed by atoms with Crippen molar-refractivity contribution in [2.24, 2.45) is 17.8 Å². The fourth-order valence-corrected chi connectivity index (χ4v) is 7.83. The molecule has 2 heterocycles. The summed E-state index contributed by atoms with van der Waals surface area (Å²) in [6.45, 7) is 0. The van der Waals surface area contributed by atoms with Gasteiger partial charge in [-0.3, -0.25) is 34.2 Å². The molecule has 0 radical (unpaired) electrons. The van der Waals surface area contributed by atoms with Crippen LogP contribution < -0.4 is 4.90 Å². The van der Waals surface area contributed by atoms with Crippen molar-refractivity contribution in [1.29, 1.82) is 0 Å². The van der Waals surface area contributed by atoms with E-state index in [-0.39, 0.29) is 35.5 Å². The minimum atomic E-state index is -1.99. The molecule has 4 aliphatic rings. The van der Waals surface area contributed by atoms with Crippen LogP contribution >= 0.6 is 23.2 Å². The molecule has 10 nitrogen and oxygen atoms in total. The summed E-state index contributed by atoms with van der Waals surface area (Å²) >= 11 is 14.1. The van der Waals surface area contributed by atoms with Gasteiger partial charge < -0.3 is 5.11 Å². The topological polar surface area (TPSA) is 138 Å². The zero-order valence-corrected chi connectivity index (χ0v) is 21.9. The predicted molar refractivity (Wildman–Crippen MR) is 139 cm³/mol. The van der Waals surface area contributed by atoms with Gasteiger partial charge in [-0.15, -0.1) is 23.2 Å². The van der Waals surface area contributed by atoms with E-state index < -0.39 is 62.0 Å². The van der Waals surface area contributed by atoms with Gasteiger partial charge in [-0.05, 0) is 30.9 Å². The van der Waals surface area contributed by atoms with Gasteiger partial charge in [0.1, 0.15) is 5.75 Å². The normalized spacial score (nSPS) is 33.6. The summed E-state index contributed by atoms with van der Waals surface area (Å²) in [4.78, 5) is 62.9. The molecule has 0 bridgehead atoms. The van der Waals surface area contributed by atoms with Gasteiger partial charge in [-0.1, -0.05) is 35.9 Å². The summed E-state index contributed by atoms with van der Waals surface area (Å²) in [6, 6.07) is 11.5. The Hall–Kier alpha value is -3.76. The maximum atomic E-state index is 13.9. The Morgan fingerprint density at radius 1 is 1.00 bits per heavy atom. The molecule has 2 saturated heterocycles. The molecule has 6 rings (SSSR count). The monoisotopic (exact) mass is 569 g/mol. The van der Waals surface area contributed by atoms with Gasteiger partial charge in [0.15, 0.2) is 9.75 Å². The Morgan fingerprint density at radius 2 is 1.72 bits per heavy atom. The number of amides is 4. The first-order chi connectivity index (χ1) is 18.4. The van der Waals surface area contributed by atoms with Gasteiger partial charge in [0.2, 0.25) is 11.8 Å². The molecule has 2 aliphatic heterocycles. The molecule has 39 heavy (non-hydrogen) atoms. The number of carbonyl (C=O) groups excluding carboxylic acids is 4. The molecule has 0 aromatic heterocycles. The van der Waals surface area contributed by atoms with Gasteiger partial charge in [0, 0.05) is 30.7 Å². The number of likely N-dealkylation sites (tertiary alicyclic amines) is 1. The van der Waals surface area contributed by atoms with Crippen molar-refractivity contribution in [2.75, 3.05) is 11.9 Å². The first-order valence-corrected chi connectivity index (χ1v) is 13.0. The van der Waals surface area contributed by atoms with Gasteiger partial charge in [0.25, 0.3) is 17.5 Å². The van der Waals surface area contributed by atoms with Crippen LogP contribution in [-0.2, 0) is 19.2 Å². The number of nitro groups is 1. The maximum absolute atomic E-state index is 13.9. The average molecular weight is 570 g/mol. The second kappa shape index (κ2) is 8.37. The van der Waals surface area contributed by atoms with Crippen molar-refractivity contribution in [3.8, 4) is 5.75 Å². The first kappa shape index (κ1) is 25.5. The zero-order chi connectivity index (χ0) is 28.0. The molecule has 2 aliphatic carbocycles. The van der Waals surface area contributed by atoms with Crippen molar-refractivity contribution >= 4 is 58.2 Å². The maximum Gasteiger partial charge on any atom is 0.271 e. The van der Waals surface area contributed by atoms with Crippen LogP contribution in [0, 0.1) is 27.9 Å². The third-order valence-corrected chi connectivity index (χ3v) is 9.97. The average Bonchev–Trinajstić information content (AvgIpc) is 3.24. The zero-order valence-electron chi connectivity index (χ0n) is 20.4. The highest BCUT2D eigenvalue weighted by atomic mass is 35.5. The van der Waals surface area contributed by atoms with Crippen LogP contribution in [0.15, 0.2) is 60.2 Å². The lowest BCUT2D eigenvalue weighted by molar-refractivity contribution is -0.384. The number of fused-ring (bicyclic) bond motifs is 4. The summed E-state index contributed by atoms with van der Waals surface area (Å²) in [5.41, 5.74) is 0.615. The number of allylic oxidation sites excluding steroid dienone is 2. The predicted octanol–water partition coefficient (Wildman–Crippen LogP) is 3.49. The van der Waals surface area contributed by atoms with Gasteiger partial charge in [0.05, 0.1) is 22.4 Å². The van der Waals surface area contributed by atoms with E-state index in [1.54, 1.807) is 24.3 Å². The van der Waals surface area contributed by atoms with E-state index >= 15 is 0 Å². The van der Waals surface area contributed by atoms with E-state index in [1.165, 1.54) is 31.3 Å². The van der Waals surface area contributed by atoms with Crippen LogP contribution in [0.5, 0.6) is 5.75 Å². The molecule has 1 saturated carbocycles. The molecule has 6 unspecified atom stereocenters. The molecule has 2 aromatic carbocycles. The van der Waals surface area contributed by atoms with E-state index in [9.17, 15) is 34.4 Å². The molecule has 6 atom stereocenters. The van der Waals surface area contributed by atoms with E-state index in [2.05, 4.69) is 0 Å². The summed E-state index contributed by atoms with van der Waals surface area (Å²) in [6.07, 6.45) is 1.70. The molecule has 2 aromatic rings. The number of para-hydroxylation sites is 1. The standard InChI is InChI=1S/C27H21Cl2N3O7/c1-30-24(36)26(28)12-18-15(21(27(26,29)25(30)37)16-7-2-3-8-19(16)33)9-10-17-20(18)23(35)31(22(17)34)13-5-4-6-14(11-13)32(38)39/h2-9,11,17-18,20-21,33H,10,12H2,1H3. The van der Waals surface area contributed by atoms with E-state index in [1.807, 2.05) is 0 Å². The number of non-ortho nitro benzene ring substituents is 1. The Labute approximate surface area is 231 Å². The number of nitrogens with zero attached hydrogens (tertiary/aromatic N) is 3. The highest BCUT2D eigenvalue weighted by Gasteiger charge is 2.76. The van der Waals surface area contributed by atoms with Gasteiger partial charge >= 0.3 is 0 Å². The number of carbonyl (C=O) groups is 4. The number of phenolic OH excluding ortho intramolecular Hbond substituents is 1. The second-order valence-electron chi connectivity index (χ2n) is 10.3. The molecular formula is C27H21Cl2N3O7. The smallest absolute Gasteiger partial charge is 0.271 e. The Balaban J connectivity index is 1.51. The SMILES string of the molecule is CN1C(=O)C2(Cl)CC3C(=CCC4C(=O)N(c5cccc([N+](=O)[O-])c5)C(=O)C43)C(c3ccccc3O)C2(Cl)C1=O. The Kier molecular flexibility index (Phi) is 5.47. The van der Waals surface area contributed by atoms with Crippen molar-refractivity contribution < 1.29 is 29.2 Å². The first-order valence-electron chi connectivity index (χ1n) is 12.2. The number of imide groups is 2. The fraction of sp³-hybridized carbons (Fsp3) is 0.333. The van der Waals surface area contributed by atoms with Crippen LogP contribution in [0.4, 0.5) is 11.4 Å². The molecule has 0 spiro atoms. The van der Waals surface area contributed by atoms with Crippen LogP contribution in [0.1, 0.15) is 24.3 Å². The lowest BCUT2D eigenvalue weighted by Gasteiger charge is -2.50. The molecule has 4 amide bonds. The third kappa shape index (κ3) is 3.15. The van der Waals surface area contributed by atoms with Gasteiger partial charge in [-0.2, -0.15) is 0 Å². The number of hydrogen-bond acceptors (Lipinski definition) is 7. The lowest BCUT2D eigenvalue weighted by Crippen LogP contribution is -2.60. The van der Waals surface area contributed by atoms with Crippen molar-refractivity contribution in [2.45, 2.75) is 28.5 Å². The number of aromatic hydroxyl groups is 1. The number of phenols is 1. The fourth-order valence-electron chi connectivity index (χ4n) is 6.82. The van der Waals surface area contributed by atoms with Crippen molar-refractivity contribution in [3.05, 3.63) is 75.9 Å². The molecule has 3 fully saturated rings. The van der Waals surface area contributed by atoms with Gasteiger partial charge in [-0.25, -0.2) is 4.90 Å². The number of benzene rings is 2. The summed E-state index contributed by atoms with van der Waals surface area (Å²) in [5, 5.41) is 22.1. The minimum absolute atomic E-state index is 0.0716. The minimum Gasteiger partial charge on any atom is -0.508 e. The number of nitro benzene ring substituents is 1. The van der Waals surface area contributed by atoms with Crippen molar-refractivity contribution in [3.63, 3.8) is 0 Å². The largest absolute Gasteiger partial charge is 0.508 e. The Bertz CT molecular complexity index is 1540. The molecule has 12 heteroatoms. The van der Waals surface area contributed by atoms with E-state index in [0.29, 0.717) is 5.57 Å².